The summed E-state index contributed by atoms with van der Waals surface area (Å²) in [6, 6.07) is 3.56. The van der Waals surface area contributed by atoms with Gasteiger partial charge in [0.2, 0.25) is 0 Å². The van der Waals surface area contributed by atoms with Crippen LogP contribution in [0.5, 0.6) is 5.75 Å². The third-order valence-corrected chi connectivity index (χ3v) is 3.50. The van der Waals surface area contributed by atoms with Gasteiger partial charge in [-0.05, 0) is 25.0 Å². The molecule has 3 nitrogen and oxygen atoms in total. The van der Waals surface area contributed by atoms with E-state index in [0.29, 0.717) is 28.4 Å². The zero-order valence-corrected chi connectivity index (χ0v) is 13.1. The van der Waals surface area contributed by atoms with Crippen LogP contribution in [0.4, 0.5) is 0 Å². The van der Waals surface area contributed by atoms with Gasteiger partial charge in [-0.2, -0.15) is 0 Å². The minimum Gasteiger partial charge on any atom is -0.495 e. The van der Waals surface area contributed by atoms with Crippen LogP contribution < -0.4 is 10.1 Å². The molecule has 6 heteroatoms. The quantitative estimate of drug-likeness (QED) is 0.895. The molecule has 1 fully saturated rings. The van der Waals surface area contributed by atoms with Gasteiger partial charge >= 0.3 is 0 Å². The molecule has 0 saturated carbocycles. The average Bonchev–Trinajstić information content (AvgIpc) is 2.81. The molecule has 19 heavy (non-hydrogen) atoms. The third-order valence-electron chi connectivity index (χ3n) is 3.00. The normalized spacial score (nSPS) is 18.2. The van der Waals surface area contributed by atoms with E-state index >= 15 is 0 Å². The van der Waals surface area contributed by atoms with E-state index in [-0.39, 0.29) is 12.4 Å². The number of ether oxygens (including phenoxy) is 2. The van der Waals surface area contributed by atoms with Crippen molar-refractivity contribution in [3.05, 3.63) is 27.7 Å². The van der Waals surface area contributed by atoms with Crippen molar-refractivity contribution in [3.63, 3.8) is 0 Å². The topological polar surface area (TPSA) is 30.5 Å². The fraction of sp³-hybridized carbons (Fsp3) is 0.538. The summed E-state index contributed by atoms with van der Waals surface area (Å²) in [6.07, 6.45) is 2.60. The van der Waals surface area contributed by atoms with E-state index < -0.39 is 0 Å². The number of hydrogen-bond donors (Lipinski definition) is 1. The van der Waals surface area contributed by atoms with Gasteiger partial charge in [0.05, 0.1) is 18.2 Å². The highest BCUT2D eigenvalue weighted by atomic mass is 35.5. The van der Waals surface area contributed by atoms with Crippen LogP contribution in [-0.4, -0.2) is 26.4 Å². The SMILES string of the molecule is COc1c(Cl)cc(Cl)cc1CNCC1CCCO1.Cl. The van der Waals surface area contributed by atoms with Crippen molar-refractivity contribution in [2.45, 2.75) is 25.5 Å². The summed E-state index contributed by atoms with van der Waals surface area (Å²) in [5.41, 5.74) is 0.966. The first-order valence-electron chi connectivity index (χ1n) is 6.05. The Morgan fingerprint density at radius 1 is 1.42 bits per heavy atom. The van der Waals surface area contributed by atoms with E-state index in [9.17, 15) is 0 Å². The first-order chi connectivity index (χ1) is 8.70. The van der Waals surface area contributed by atoms with E-state index in [0.717, 1.165) is 31.6 Å². The van der Waals surface area contributed by atoms with Crippen LogP contribution in [0.1, 0.15) is 18.4 Å². The number of nitrogens with one attached hydrogen (secondary N) is 1. The lowest BCUT2D eigenvalue weighted by molar-refractivity contribution is 0.110. The molecule has 1 heterocycles. The Morgan fingerprint density at radius 2 is 2.21 bits per heavy atom. The maximum absolute atomic E-state index is 6.08. The molecule has 1 atom stereocenters. The second-order valence-electron chi connectivity index (χ2n) is 4.35. The molecule has 1 N–H and O–H groups in total. The molecule has 0 aliphatic carbocycles. The van der Waals surface area contributed by atoms with Crippen molar-refractivity contribution < 1.29 is 9.47 Å². The molecular formula is C13H18Cl3NO2. The molecule has 1 aromatic rings. The van der Waals surface area contributed by atoms with Crippen LogP contribution in [0.25, 0.3) is 0 Å². The summed E-state index contributed by atoms with van der Waals surface area (Å²) in [6.45, 7) is 2.38. The standard InChI is InChI=1S/C13H17Cl2NO2.ClH/c1-17-13-9(5-10(14)6-12(13)15)7-16-8-11-3-2-4-18-11;/h5-6,11,16H,2-4,7-8H2,1H3;1H. The maximum Gasteiger partial charge on any atom is 0.142 e. The van der Waals surface area contributed by atoms with Crippen molar-refractivity contribution in [1.29, 1.82) is 0 Å². The molecule has 0 aromatic heterocycles. The van der Waals surface area contributed by atoms with Crippen LogP contribution >= 0.6 is 35.6 Å². The van der Waals surface area contributed by atoms with Crippen molar-refractivity contribution in [2.24, 2.45) is 0 Å². The predicted molar refractivity (Wildman–Crippen MR) is 80.9 cm³/mol. The zero-order chi connectivity index (χ0) is 13.0. The van der Waals surface area contributed by atoms with Gasteiger partial charge in [0, 0.05) is 30.3 Å². The van der Waals surface area contributed by atoms with Crippen LogP contribution in [0.15, 0.2) is 12.1 Å². The number of methoxy groups -OCH3 is 1. The molecule has 1 aromatic carbocycles. The molecule has 2 rings (SSSR count). The Kier molecular flexibility index (Phi) is 7.26. The summed E-state index contributed by atoms with van der Waals surface area (Å²) in [7, 11) is 1.61. The highest BCUT2D eigenvalue weighted by molar-refractivity contribution is 6.35. The number of benzene rings is 1. The molecule has 0 bridgehead atoms. The highest BCUT2D eigenvalue weighted by Gasteiger charge is 2.15. The Bertz CT molecular complexity index is 409. The Balaban J connectivity index is 0.00000180. The smallest absolute Gasteiger partial charge is 0.142 e. The predicted octanol–water partition coefficient (Wildman–Crippen LogP) is 3.69. The van der Waals surface area contributed by atoms with Crippen LogP contribution in [-0.2, 0) is 11.3 Å². The Morgan fingerprint density at radius 3 is 2.84 bits per heavy atom. The zero-order valence-electron chi connectivity index (χ0n) is 10.7. The van der Waals surface area contributed by atoms with Gasteiger partial charge in [-0.25, -0.2) is 0 Å². The first-order valence-corrected chi connectivity index (χ1v) is 6.80. The molecule has 0 radical (unpaired) electrons. The molecule has 1 aliphatic heterocycles. The van der Waals surface area contributed by atoms with Crippen molar-refractivity contribution >= 4 is 35.6 Å². The van der Waals surface area contributed by atoms with Gasteiger partial charge in [-0.15, -0.1) is 12.4 Å². The van der Waals surface area contributed by atoms with Gasteiger partial charge in [0.15, 0.2) is 0 Å². The van der Waals surface area contributed by atoms with Crippen LogP contribution in [0, 0.1) is 0 Å². The van der Waals surface area contributed by atoms with Gasteiger partial charge in [0.1, 0.15) is 5.75 Å². The van der Waals surface area contributed by atoms with Crippen molar-refractivity contribution in [1.82, 2.24) is 5.32 Å². The molecular weight excluding hydrogens is 309 g/mol. The summed E-state index contributed by atoms with van der Waals surface area (Å²) in [4.78, 5) is 0. The highest BCUT2D eigenvalue weighted by Crippen LogP contribution is 2.32. The molecule has 108 valence electrons. The maximum atomic E-state index is 6.08. The monoisotopic (exact) mass is 325 g/mol. The Hall–Kier alpha value is -0.190. The Labute approximate surface area is 130 Å². The lowest BCUT2D eigenvalue weighted by atomic mass is 10.2. The summed E-state index contributed by atoms with van der Waals surface area (Å²) < 4.78 is 10.8. The van der Waals surface area contributed by atoms with Gasteiger partial charge in [0.25, 0.3) is 0 Å². The van der Waals surface area contributed by atoms with Crippen LogP contribution in [0.3, 0.4) is 0 Å². The summed E-state index contributed by atoms with van der Waals surface area (Å²) >= 11 is 12.1. The van der Waals surface area contributed by atoms with E-state index in [1.165, 1.54) is 0 Å². The largest absolute Gasteiger partial charge is 0.495 e. The van der Waals surface area contributed by atoms with Gasteiger partial charge in [-0.1, -0.05) is 23.2 Å². The number of rotatable bonds is 5. The molecule has 0 spiro atoms. The lowest BCUT2D eigenvalue weighted by Crippen LogP contribution is -2.26. The molecule has 1 saturated heterocycles. The van der Waals surface area contributed by atoms with Crippen molar-refractivity contribution in [3.8, 4) is 5.75 Å². The van der Waals surface area contributed by atoms with E-state index in [2.05, 4.69) is 5.32 Å². The number of hydrogen-bond acceptors (Lipinski definition) is 3. The average molecular weight is 327 g/mol. The first kappa shape index (κ1) is 16.9. The fourth-order valence-corrected chi connectivity index (χ4v) is 2.76. The second-order valence-corrected chi connectivity index (χ2v) is 5.19. The van der Waals surface area contributed by atoms with Crippen LogP contribution in [0.2, 0.25) is 10.0 Å². The van der Waals surface area contributed by atoms with E-state index in [1.807, 2.05) is 6.07 Å². The summed E-state index contributed by atoms with van der Waals surface area (Å²) in [5.74, 6) is 0.681. The van der Waals surface area contributed by atoms with Gasteiger partial charge in [-0.3, -0.25) is 0 Å². The lowest BCUT2D eigenvalue weighted by Gasteiger charge is -2.14. The fourth-order valence-electron chi connectivity index (χ4n) is 2.15. The van der Waals surface area contributed by atoms with Gasteiger partial charge < -0.3 is 14.8 Å². The third kappa shape index (κ3) is 4.69. The number of halogens is 3. The molecule has 0 amide bonds. The minimum atomic E-state index is 0. The summed E-state index contributed by atoms with van der Waals surface area (Å²) in [5, 5.41) is 4.51. The second kappa shape index (κ2) is 8.18. The van der Waals surface area contributed by atoms with Crippen molar-refractivity contribution in [2.75, 3.05) is 20.3 Å². The van der Waals surface area contributed by atoms with E-state index in [4.69, 9.17) is 32.7 Å². The molecule has 1 aliphatic rings. The minimum absolute atomic E-state index is 0. The van der Waals surface area contributed by atoms with E-state index in [1.54, 1.807) is 13.2 Å². The molecule has 1 unspecified atom stereocenters.